The van der Waals surface area contributed by atoms with Gasteiger partial charge in [-0.05, 0) is 79.9 Å². The van der Waals surface area contributed by atoms with Crippen LogP contribution < -0.4 is 0 Å². The Labute approximate surface area is 156 Å². The average molecular weight is 354 g/mol. The Morgan fingerprint density at radius 1 is 1.27 bits per heavy atom. The van der Waals surface area contributed by atoms with Crippen LogP contribution in [0.1, 0.15) is 59.8 Å². The van der Waals surface area contributed by atoms with Crippen molar-refractivity contribution in [3.8, 4) is 0 Å². The van der Waals surface area contributed by atoms with Gasteiger partial charge in [0.25, 0.3) is 0 Å². The Bertz CT molecular complexity index is 787. The van der Waals surface area contributed by atoms with Crippen molar-refractivity contribution in [2.75, 3.05) is 0 Å². The lowest BCUT2D eigenvalue weighted by Gasteiger charge is -2.57. The lowest BCUT2D eigenvalue weighted by atomic mass is 9.47. The third-order valence-electron chi connectivity index (χ3n) is 8.53. The highest BCUT2D eigenvalue weighted by molar-refractivity contribution is 5.93. The normalized spacial score (nSPS) is 47.5. The molecule has 1 N–H and O–H groups in total. The zero-order valence-corrected chi connectivity index (χ0v) is 16.4. The molecule has 0 heterocycles. The number of aliphatic hydroxyl groups is 1. The highest BCUT2D eigenvalue weighted by Gasteiger charge is 2.66. The molecule has 4 aliphatic carbocycles. The molecule has 0 amide bonds. The van der Waals surface area contributed by atoms with Gasteiger partial charge in [-0.15, -0.1) is 0 Å². The van der Waals surface area contributed by atoms with Crippen LogP contribution in [0.15, 0.2) is 35.5 Å². The number of fused-ring (bicyclic) bond motifs is 5. The van der Waals surface area contributed by atoms with Crippen molar-refractivity contribution >= 4 is 11.6 Å². The van der Waals surface area contributed by atoms with Crippen LogP contribution in [-0.4, -0.2) is 22.3 Å². The Hall–Kier alpha value is -1.48. The molecular formula is C23H30O3. The van der Waals surface area contributed by atoms with E-state index >= 15 is 0 Å². The Kier molecular flexibility index (Phi) is 3.64. The number of allylic oxidation sites excluding steroid dienone is 4. The first-order valence-corrected chi connectivity index (χ1v) is 9.91. The van der Waals surface area contributed by atoms with E-state index in [4.69, 9.17) is 0 Å². The van der Waals surface area contributed by atoms with Gasteiger partial charge in [-0.3, -0.25) is 9.59 Å². The summed E-state index contributed by atoms with van der Waals surface area (Å²) in [4.78, 5) is 24.4. The smallest absolute Gasteiger partial charge is 0.166 e. The molecule has 0 saturated heterocycles. The van der Waals surface area contributed by atoms with Gasteiger partial charge in [0.2, 0.25) is 0 Å². The largest absolute Gasteiger partial charge is 0.377 e. The molecule has 0 aromatic heterocycles. The van der Waals surface area contributed by atoms with E-state index in [1.807, 2.05) is 6.08 Å². The van der Waals surface area contributed by atoms with Gasteiger partial charge in [0.05, 0.1) is 0 Å². The van der Waals surface area contributed by atoms with Crippen molar-refractivity contribution < 1.29 is 14.7 Å². The highest BCUT2D eigenvalue weighted by atomic mass is 16.3. The van der Waals surface area contributed by atoms with Crippen molar-refractivity contribution in [2.24, 2.45) is 28.6 Å². The maximum absolute atomic E-state index is 12.4. The molecule has 0 unspecified atom stereocenters. The van der Waals surface area contributed by atoms with Crippen LogP contribution in [0, 0.1) is 28.6 Å². The van der Waals surface area contributed by atoms with Gasteiger partial charge in [0.1, 0.15) is 5.60 Å². The van der Waals surface area contributed by atoms with Crippen LogP contribution in [-0.2, 0) is 9.59 Å². The third kappa shape index (κ3) is 1.93. The second kappa shape index (κ2) is 5.28. The van der Waals surface area contributed by atoms with Gasteiger partial charge in [0, 0.05) is 11.8 Å². The standard InChI is InChI=1S/C23H30O3/c1-13-10-17-18(21(4)8-6-16(25)12-19(13)21)7-9-22(5)20(17)11-14(2)23(22,26)15(3)24/h10,12,17-18,20,26H,2,6-9,11H2,1,3-5H3/t17-,18+,20+,21-,22+,23-/m1/s1. The first-order chi connectivity index (χ1) is 12.1. The molecule has 0 radical (unpaired) electrons. The zero-order valence-electron chi connectivity index (χ0n) is 16.4. The summed E-state index contributed by atoms with van der Waals surface area (Å²) in [7, 11) is 0. The summed E-state index contributed by atoms with van der Waals surface area (Å²) in [6.45, 7) is 12.1. The fourth-order valence-electron chi connectivity index (χ4n) is 7.04. The minimum absolute atomic E-state index is 0.0248. The Balaban J connectivity index is 1.83. The molecule has 140 valence electrons. The van der Waals surface area contributed by atoms with Gasteiger partial charge in [-0.1, -0.05) is 32.1 Å². The molecule has 4 aliphatic rings. The van der Waals surface area contributed by atoms with E-state index in [-0.39, 0.29) is 22.9 Å². The van der Waals surface area contributed by atoms with E-state index < -0.39 is 11.0 Å². The van der Waals surface area contributed by atoms with Crippen LogP contribution in [0.5, 0.6) is 0 Å². The lowest BCUT2D eigenvalue weighted by molar-refractivity contribution is -0.151. The van der Waals surface area contributed by atoms with Crippen molar-refractivity contribution in [3.05, 3.63) is 35.5 Å². The summed E-state index contributed by atoms with van der Waals surface area (Å²) >= 11 is 0. The molecule has 2 saturated carbocycles. The predicted molar refractivity (Wildman–Crippen MR) is 101 cm³/mol. The van der Waals surface area contributed by atoms with Crippen molar-refractivity contribution in [1.29, 1.82) is 0 Å². The maximum Gasteiger partial charge on any atom is 0.166 e. The van der Waals surface area contributed by atoms with Crippen LogP contribution in [0.2, 0.25) is 0 Å². The number of hydrogen-bond donors (Lipinski definition) is 1. The van der Waals surface area contributed by atoms with E-state index in [1.165, 1.54) is 18.1 Å². The fraction of sp³-hybridized carbons (Fsp3) is 0.652. The van der Waals surface area contributed by atoms with Gasteiger partial charge in [0.15, 0.2) is 11.6 Å². The van der Waals surface area contributed by atoms with Crippen molar-refractivity contribution in [3.63, 3.8) is 0 Å². The molecule has 0 aliphatic heterocycles. The maximum atomic E-state index is 12.4. The Morgan fingerprint density at radius 3 is 2.62 bits per heavy atom. The minimum Gasteiger partial charge on any atom is -0.377 e. The monoisotopic (exact) mass is 354 g/mol. The summed E-state index contributed by atoms with van der Waals surface area (Å²) in [5, 5.41) is 11.4. The molecule has 0 aromatic carbocycles. The second-order valence-electron chi connectivity index (χ2n) is 9.61. The number of ketones is 2. The summed E-state index contributed by atoms with van der Waals surface area (Å²) < 4.78 is 0. The third-order valence-corrected chi connectivity index (χ3v) is 8.53. The van der Waals surface area contributed by atoms with Gasteiger partial charge in [-0.2, -0.15) is 0 Å². The Morgan fingerprint density at radius 2 is 1.96 bits per heavy atom. The summed E-state index contributed by atoms with van der Waals surface area (Å²) in [6.07, 6.45) is 8.26. The minimum atomic E-state index is -1.40. The first-order valence-electron chi connectivity index (χ1n) is 9.91. The molecule has 3 heteroatoms. The molecule has 26 heavy (non-hydrogen) atoms. The van der Waals surface area contributed by atoms with Gasteiger partial charge < -0.3 is 5.11 Å². The van der Waals surface area contributed by atoms with Gasteiger partial charge in [-0.25, -0.2) is 0 Å². The second-order valence-corrected chi connectivity index (χ2v) is 9.61. The van der Waals surface area contributed by atoms with Crippen molar-refractivity contribution in [2.45, 2.75) is 65.4 Å². The van der Waals surface area contributed by atoms with Gasteiger partial charge >= 0.3 is 0 Å². The van der Waals surface area contributed by atoms with Crippen LogP contribution in [0.3, 0.4) is 0 Å². The summed E-state index contributed by atoms with van der Waals surface area (Å²) in [6, 6.07) is 0. The van der Waals surface area contributed by atoms with E-state index in [9.17, 15) is 14.7 Å². The number of rotatable bonds is 1. The first kappa shape index (κ1) is 17.9. The van der Waals surface area contributed by atoms with Crippen LogP contribution >= 0.6 is 0 Å². The molecular weight excluding hydrogens is 324 g/mol. The molecule has 6 atom stereocenters. The molecule has 3 nitrogen and oxygen atoms in total. The van der Waals surface area contributed by atoms with E-state index in [0.29, 0.717) is 30.3 Å². The van der Waals surface area contributed by atoms with E-state index in [2.05, 4.69) is 33.4 Å². The number of carbonyl (C=O) groups excluding carboxylic acids is 2. The number of hydrogen-bond acceptors (Lipinski definition) is 3. The SMILES string of the molecule is C=C1C[C@H]2[C@@H]3C=C(C)C4=CC(=O)CC[C@]4(C)[C@H]3CC[C@]2(C)[C@]1(O)C(C)=O. The van der Waals surface area contributed by atoms with Crippen LogP contribution in [0.4, 0.5) is 0 Å². The summed E-state index contributed by atoms with van der Waals surface area (Å²) in [5.74, 6) is 1.09. The fourth-order valence-corrected chi connectivity index (χ4v) is 7.04. The zero-order chi connectivity index (χ0) is 19.1. The van der Waals surface area contributed by atoms with Crippen molar-refractivity contribution in [1.82, 2.24) is 0 Å². The topological polar surface area (TPSA) is 54.4 Å². The van der Waals surface area contributed by atoms with Crippen LogP contribution in [0.25, 0.3) is 0 Å². The molecule has 4 rings (SSSR count). The number of carbonyl (C=O) groups is 2. The number of Topliss-reactive ketones (excluding diaryl/α,β-unsaturated/α-hetero) is 1. The van der Waals surface area contributed by atoms with E-state index in [0.717, 1.165) is 19.3 Å². The molecule has 0 spiro atoms. The molecule has 0 bridgehead atoms. The van der Waals surface area contributed by atoms with E-state index in [1.54, 1.807) is 0 Å². The molecule has 2 fully saturated rings. The molecule has 0 aromatic rings. The lowest BCUT2D eigenvalue weighted by Crippen LogP contribution is -2.57. The highest BCUT2D eigenvalue weighted by Crippen LogP contribution is 2.67. The average Bonchev–Trinajstić information content (AvgIpc) is 2.78. The summed E-state index contributed by atoms with van der Waals surface area (Å²) in [5.41, 5.74) is 1.29. The predicted octanol–water partition coefficient (Wildman–Crippen LogP) is 4.17. The quantitative estimate of drug-likeness (QED) is 0.719.